The number of ether oxygens (including phenoxy) is 1. The molecule has 1 fully saturated rings. The summed E-state index contributed by atoms with van der Waals surface area (Å²) in [5.74, 6) is 0.698. The molecule has 3 aromatic rings. The fraction of sp³-hybridized carbons (Fsp3) is 0.222. The van der Waals surface area contributed by atoms with Crippen LogP contribution in [-0.4, -0.2) is 22.6 Å². The van der Waals surface area contributed by atoms with Crippen LogP contribution in [0.4, 0.5) is 4.39 Å². The molecule has 0 radical (unpaired) electrons. The maximum atomic E-state index is 13.0. The van der Waals surface area contributed by atoms with Gasteiger partial charge >= 0.3 is 0 Å². The molecule has 0 amide bonds. The topological polar surface area (TPSA) is 30.5 Å². The summed E-state index contributed by atoms with van der Waals surface area (Å²) in [6.45, 7) is 2.29. The third-order valence-corrected chi connectivity index (χ3v) is 4.05. The molecule has 0 bridgehead atoms. The molecule has 3 heterocycles. The van der Waals surface area contributed by atoms with Crippen LogP contribution in [-0.2, 0) is 11.3 Å². The highest BCUT2D eigenvalue weighted by atomic mass is 19.1. The van der Waals surface area contributed by atoms with Gasteiger partial charge in [0, 0.05) is 30.2 Å². The Labute approximate surface area is 133 Å². The van der Waals surface area contributed by atoms with Crippen molar-refractivity contribution in [2.24, 2.45) is 0 Å². The van der Waals surface area contributed by atoms with E-state index in [0.29, 0.717) is 6.61 Å². The van der Waals surface area contributed by atoms with E-state index in [1.807, 2.05) is 35.2 Å². The fourth-order valence-electron chi connectivity index (χ4n) is 2.91. The summed E-state index contributed by atoms with van der Waals surface area (Å²) in [6, 6.07) is 12.3. The summed E-state index contributed by atoms with van der Waals surface area (Å²) in [5.41, 5.74) is 2.01. The Hall–Kier alpha value is -2.37. The molecule has 0 N–H and O–H groups in total. The first-order valence-corrected chi connectivity index (χ1v) is 7.61. The van der Waals surface area contributed by atoms with Crippen LogP contribution in [0.3, 0.4) is 0 Å². The van der Waals surface area contributed by atoms with Crippen molar-refractivity contribution in [2.75, 3.05) is 13.2 Å². The second kappa shape index (κ2) is 6.02. The maximum absolute atomic E-state index is 13.0. The van der Waals surface area contributed by atoms with Crippen molar-refractivity contribution < 1.29 is 13.5 Å². The van der Waals surface area contributed by atoms with Gasteiger partial charge in [-0.05, 0) is 42.5 Å². The van der Waals surface area contributed by atoms with Gasteiger partial charge in [-0.2, -0.15) is 0 Å². The Morgan fingerprint density at radius 2 is 2.00 bits per heavy atom. The van der Waals surface area contributed by atoms with E-state index in [1.165, 1.54) is 12.1 Å². The Bertz CT molecular complexity index is 765. The zero-order valence-corrected chi connectivity index (χ0v) is 12.6. The van der Waals surface area contributed by atoms with Gasteiger partial charge in [-0.15, -0.1) is 0 Å². The third kappa shape index (κ3) is 2.93. The lowest BCUT2D eigenvalue weighted by atomic mass is 10.2. The van der Waals surface area contributed by atoms with Gasteiger partial charge in [-0.3, -0.25) is 4.90 Å². The fourth-order valence-corrected chi connectivity index (χ4v) is 2.91. The summed E-state index contributed by atoms with van der Waals surface area (Å²) in [7, 11) is 0. The van der Waals surface area contributed by atoms with Crippen LogP contribution in [0.25, 0.3) is 5.69 Å². The summed E-state index contributed by atoms with van der Waals surface area (Å²) < 4.78 is 26.3. The standard InChI is InChI=1S/C18H17FN2O2/c19-15-3-5-16(6-4-15)20-8-7-14(12-20)18-21(9-11-23-18)13-17-2-1-10-22-17/h1-8,10,12,18H,9,11,13H2/t18-/m0/s1. The molecule has 4 rings (SSSR count). The molecule has 118 valence electrons. The van der Waals surface area contributed by atoms with Crippen molar-refractivity contribution in [3.05, 3.63) is 78.3 Å². The lowest BCUT2D eigenvalue weighted by molar-refractivity contribution is 0.0258. The van der Waals surface area contributed by atoms with Crippen molar-refractivity contribution in [2.45, 2.75) is 12.8 Å². The Kier molecular flexibility index (Phi) is 3.73. The summed E-state index contributed by atoms with van der Waals surface area (Å²) >= 11 is 0. The zero-order valence-electron chi connectivity index (χ0n) is 12.6. The lowest BCUT2D eigenvalue weighted by Gasteiger charge is -2.21. The average molecular weight is 312 g/mol. The molecule has 1 aromatic carbocycles. The number of hydrogen-bond donors (Lipinski definition) is 0. The van der Waals surface area contributed by atoms with Gasteiger partial charge in [-0.25, -0.2) is 4.39 Å². The van der Waals surface area contributed by atoms with E-state index in [0.717, 1.165) is 30.1 Å². The molecule has 0 saturated carbocycles. The molecule has 2 aromatic heterocycles. The van der Waals surface area contributed by atoms with Crippen molar-refractivity contribution in [1.82, 2.24) is 9.47 Å². The average Bonchev–Trinajstić information content (AvgIpc) is 3.29. The third-order valence-electron chi connectivity index (χ3n) is 4.05. The molecule has 23 heavy (non-hydrogen) atoms. The smallest absolute Gasteiger partial charge is 0.138 e. The van der Waals surface area contributed by atoms with Crippen LogP contribution in [0.5, 0.6) is 0 Å². The van der Waals surface area contributed by atoms with Crippen LogP contribution in [0, 0.1) is 5.82 Å². The zero-order chi connectivity index (χ0) is 15.6. The summed E-state index contributed by atoms with van der Waals surface area (Å²) in [4.78, 5) is 2.24. The van der Waals surface area contributed by atoms with E-state index >= 15 is 0 Å². The van der Waals surface area contributed by atoms with E-state index in [9.17, 15) is 4.39 Å². The maximum Gasteiger partial charge on any atom is 0.138 e. The Morgan fingerprint density at radius 1 is 1.13 bits per heavy atom. The Balaban J connectivity index is 1.54. The number of halogens is 1. The minimum absolute atomic E-state index is 0.0817. The highest BCUT2D eigenvalue weighted by Gasteiger charge is 2.28. The second-order valence-electron chi connectivity index (χ2n) is 5.60. The van der Waals surface area contributed by atoms with E-state index in [-0.39, 0.29) is 12.0 Å². The number of aromatic nitrogens is 1. The van der Waals surface area contributed by atoms with Gasteiger partial charge in [0.1, 0.15) is 17.8 Å². The predicted octanol–water partition coefficient (Wildman–Crippen LogP) is 3.74. The first-order valence-electron chi connectivity index (χ1n) is 7.61. The molecule has 1 aliphatic rings. The molecule has 1 saturated heterocycles. The van der Waals surface area contributed by atoms with Crippen LogP contribution in [0.15, 0.2) is 65.5 Å². The molecule has 0 spiro atoms. The van der Waals surface area contributed by atoms with Crippen LogP contribution < -0.4 is 0 Å². The van der Waals surface area contributed by atoms with Gasteiger partial charge in [0.25, 0.3) is 0 Å². The molecule has 4 nitrogen and oxygen atoms in total. The van der Waals surface area contributed by atoms with E-state index in [4.69, 9.17) is 9.15 Å². The van der Waals surface area contributed by atoms with Gasteiger partial charge < -0.3 is 13.7 Å². The summed E-state index contributed by atoms with van der Waals surface area (Å²) in [5, 5.41) is 0. The van der Waals surface area contributed by atoms with Gasteiger partial charge in [0.15, 0.2) is 0 Å². The minimum Gasteiger partial charge on any atom is -0.468 e. The van der Waals surface area contributed by atoms with E-state index < -0.39 is 0 Å². The molecule has 5 heteroatoms. The van der Waals surface area contributed by atoms with Gasteiger partial charge in [0.05, 0.1) is 19.4 Å². The predicted molar refractivity (Wildman–Crippen MR) is 83.5 cm³/mol. The van der Waals surface area contributed by atoms with Crippen molar-refractivity contribution in [3.8, 4) is 5.69 Å². The molecular formula is C18H17FN2O2. The second-order valence-corrected chi connectivity index (χ2v) is 5.60. The highest BCUT2D eigenvalue weighted by Crippen LogP contribution is 2.29. The first-order chi connectivity index (χ1) is 11.3. The normalized spacial score (nSPS) is 18.6. The molecule has 1 atom stereocenters. The molecule has 1 aliphatic heterocycles. The first kappa shape index (κ1) is 14.2. The summed E-state index contributed by atoms with van der Waals surface area (Å²) in [6.07, 6.45) is 5.60. The number of furan rings is 1. The quantitative estimate of drug-likeness (QED) is 0.735. The number of rotatable bonds is 4. The number of hydrogen-bond acceptors (Lipinski definition) is 3. The Morgan fingerprint density at radius 3 is 2.78 bits per heavy atom. The number of benzene rings is 1. The van der Waals surface area contributed by atoms with Crippen molar-refractivity contribution in [3.63, 3.8) is 0 Å². The minimum atomic E-state index is -0.232. The van der Waals surface area contributed by atoms with Gasteiger partial charge in [0.2, 0.25) is 0 Å². The van der Waals surface area contributed by atoms with Gasteiger partial charge in [-0.1, -0.05) is 0 Å². The molecule has 0 unspecified atom stereocenters. The van der Waals surface area contributed by atoms with Crippen LogP contribution in [0.1, 0.15) is 17.6 Å². The lowest BCUT2D eigenvalue weighted by Crippen LogP contribution is -2.22. The van der Waals surface area contributed by atoms with Crippen molar-refractivity contribution in [1.29, 1.82) is 0 Å². The molecular weight excluding hydrogens is 295 g/mol. The van der Waals surface area contributed by atoms with Crippen LogP contribution >= 0.6 is 0 Å². The monoisotopic (exact) mass is 312 g/mol. The van der Waals surface area contributed by atoms with E-state index in [2.05, 4.69) is 4.90 Å². The van der Waals surface area contributed by atoms with E-state index in [1.54, 1.807) is 18.4 Å². The number of nitrogens with zero attached hydrogens (tertiary/aromatic N) is 2. The SMILES string of the molecule is Fc1ccc(-n2ccc([C@@H]3OCCN3Cc3ccco3)c2)cc1. The highest BCUT2D eigenvalue weighted by molar-refractivity contribution is 5.34. The van der Waals surface area contributed by atoms with Crippen LogP contribution in [0.2, 0.25) is 0 Å². The molecule has 0 aliphatic carbocycles. The van der Waals surface area contributed by atoms with Crippen molar-refractivity contribution >= 4 is 0 Å². The largest absolute Gasteiger partial charge is 0.468 e.